The van der Waals surface area contributed by atoms with Crippen molar-refractivity contribution in [2.24, 2.45) is 5.50 Å². The Bertz CT molecular complexity index is 424. The summed E-state index contributed by atoms with van der Waals surface area (Å²) < 4.78 is 31.0. The molecule has 0 spiro atoms. The van der Waals surface area contributed by atoms with E-state index >= 15 is 0 Å². The standard InChI is InChI=1S/C7H15Cl2N2O2P.C4H11Cl2N2O2P/c8-2-5-11(6-3-9)14(12)10-4-1-7-13-14;5-1-3-8(4-2-6)11(7,9)10/h1-7H2,(H,10,12);1-4H2,(H3,7,9,10)/p-1. The summed E-state index contributed by atoms with van der Waals surface area (Å²) in [6.45, 7) is 2.73. The van der Waals surface area contributed by atoms with Crippen LogP contribution >= 0.6 is 61.7 Å². The van der Waals surface area contributed by atoms with Gasteiger partial charge in [0.05, 0.1) is 6.61 Å². The molecule has 0 aromatic rings. The number of nitrogens with two attached hydrogens (primary N) is 1. The fourth-order valence-corrected chi connectivity index (χ4v) is 5.91. The van der Waals surface area contributed by atoms with E-state index in [1.165, 1.54) is 0 Å². The number of halogens is 4. The molecule has 2 unspecified atom stereocenters. The molecule has 0 saturated carbocycles. The molecule has 25 heavy (non-hydrogen) atoms. The maximum absolute atomic E-state index is 12.2. The maximum atomic E-state index is 12.2. The minimum atomic E-state index is -3.89. The normalized spacial score (nSPS) is 23.2. The number of rotatable bonds is 10. The maximum Gasteiger partial charge on any atom is 0.343 e. The summed E-state index contributed by atoms with van der Waals surface area (Å²) in [4.78, 5) is 10.7. The Hall–Kier alpha value is 1.38. The van der Waals surface area contributed by atoms with Crippen LogP contribution in [0, 0.1) is 0 Å². The van der Waals surface area contributed by atoms with Crippen LogP contribution in [0.2, 0.25) is 0 Å². The van der Waals surface area contributed by atoms with Gasteiger partial charge in [0.15, 0.2) is 0 Å². The number of hydrogen-bond acceptors (Lipinski definition) is 4. The number of hydrogen-bond donors (Lipinski definition) is 2. The second kappa shape index (κ2) is 14.4. The van der Waals surface area contributed by atoms with Crippen LogP contribution in [0.1, 0.15) is 6.42 Å². The molecule has 1 heterocycles. The van der Waals surface area contributed by atoms with E-state index in [1.807, 2.05) is 0 Å². The van der Waals surface area contributed by atoms with Gasteiger partial charge in [-0.3, -0.25) is 14.7 Å². The Labute approximate surface area is 169 Å². The van der Waals surface area contributed by atoms with E-state index < -0.39 is 15.3 Å². The Morgan fingerprint density at radius 1 is 1.08 bits per heavy atom. The lowest BCUT2D eigenvalue weighted by atomic mass is 10.5. The molecule has 0 aromatic carbocycles. The molecule has 0 aliphatic carbocycles. The lowest BCUT2D eigenvalue weighted by Gasteiger charge is -2.33. The second-order valence-electron chi connectivity index (χ2n) is 4.84. The van der Waals surface area contributed by atoms with Crippen molar-refractivity contribution in [1.29, 1.82) is 0 Å². The molecule has 8 nitrogen and oxygen atoms in total. The molecule has 1 aliphatic heterocycles. The van der Waals surface area contributed by atoms with Crippen LogP contribution < -0.4 is 15.5 Å². The molecule has 0 radical (unpaired) electrons. The molecular weight excluding hydrogens is 456 g/mol. The van der Waals surface area contributed by atoms with Gasteiger partial charge in [0.2, 0.25) is 0 Å². The summed E-state index contributed by atoms with van der Waals surface area (Å²) in [5.74, 6) is 1.29. The van der Waals surface area contributed by atoms with Gasteiger partial charge in [0.25, 0.3) is 0 Å². The third-order valence-electron chi connectivity index (χ3n) is 3.04. The fraction of sp³-hybridized carbons (Fsp3) is 1.00. The first-order valence-electron chi connectivity index (χ1n) is 7.59. The van der Waals surface area contributed by atoms with Crippen molar-refractivity contribution in [3.05, 3.63) is 0 Å². The van der Waals surface area contributed by atoms with Crippen LogP contribution in [-0.2, 0) is 13.7 Å². The zero-order valence-electron chi connectivity index (χ0n) is 13.8. The van der Waals surface area contributed by atoms with E-state index in [0.29, 0.717) is 31.5 Å². The predicted octanol–water partition coefficient (Wildman–Crippen LogP) is 2.08. The second-order valence-corrected chi connectivity index (χ2v) is 10.2. The molecule has 1 aliphatic rings. The first kappa shape index (κ1) is 26.4. The molecule has 14 heteroatoms. The van der Waals surface area contributed by atoms with Crippen molar-refractivity contribution < 1.29 is 18.5 Å². The highest BCUT2D eigenvalue weighted by Crippen LogP contribution is 2.48. The molecule has 1 rings (SSSR count). The van der Waals surface area contributed by atoms with Gasteiger partial charge in [-0.1, -0.05) is 0 Å². The quantitative estimate of drug-likeness (QED) is 0.361. The van der Waals surface area contributed by atoms with Crippen molar-refractivity contribution in [1.82, 2.24) is 14.4 Å². The van der Waals surface area contributed by atoms with Crippen molar-refractivity contribution in [3.8, 4) is 0 Å². The summed E-state index contributed by atoms with van der Waals surface area (Å²) in [5.41, 5.74) is 4.86. The Morgan fingerprint density at radius 2 is 1.56 bits per heavy atom. The average Bonchev–Trinajstić information content (AvgIpc) is 2.55. The van der Waals surface area contributed by atoms with Crippen LogP contribution in [0.25, 0.3) is 0 Å². The van der Waals surface area contributed by atoms with E-state index in [2.05, 4.69) is 5.09 Å². The zero-order valence-corrected chi connectivity index (χ0v) is 18.6. The molecule has 3 N–H and O–H groups in total. The summed E-state index contributed by atoms with van der Waals surface area (Å²) in [7, 11) is -6.74. The average molecular weight is 481 g/mol. The molecule has 1 saturated heterocycles. The summed E-state index contributed by atoms with van der Waals surface area (Å²) in [5, 5.41) is 2.91. The van der Waals surface area contributed by atoms with Crippen molar-refractivity contribution in [3.63, 3.8) is 0 Å². The van der Waals surface area contributed by atoms with Gasteiger partial charge in [-0.15, -0.1) is 46.4 Å². The topological polar surface area (TPSA) is 111 Å². The minimum absolute atomic E-state index is 0.214. The van der Waals surface area contributed by atoms with Crippen LogP contribution in [-0.4, -0.2) is 72.2 Å². The van der Waals surface area contributed by atoms with Crippen molar-refractivity contribution in [2.45, 2.75) is 6.42 Å². The van der Waals surface area contributed by atoms with E-state index in [4.69, 9.17) is 56.4 Å². The van der Waals surface area contributed by atoms with Gasteiger partial charge in [0.1, 0.15) is 7.67 Å². The van der Waals surface area contributed by atoms with Gasteiger partial charge in [-0.25, -0.2) is 9.76 Å². The Morgan fingerprint density at radius 3 is 1.88 bits per heavy atom. The predicted molar refractivity (Wildman–Crippen MR) is 104 cm³/mol. The molecule has 2 atom stereocenters. The van der Waals surface area contributed by atoms with Crippen molar-refractivity contribution in [2.75, 3.05) is 62.9 Å². The Kier molecular flexibility index (Phi) is 15.2. The third-order valence-corrected chi connectivity index (χ3v) is 7.20. The van der Waals surface area contributed by atoms with E-state index in [-0.39, 0.29) is 24.8 Å². The SMILES string of the molecule is NP(=O)([O-])N(CCCl)CCCl.O=P1(N(CCCl)CCCl)NCCCO1. The number of alkyl halides is 4. The zero-order chi connectivity index (χ0) is 19.3. The lowest BCUT2D eigenvalue weighted by Crippen LogP contribution is -2.35. The summed E-state index contributed by atoms with van der Waals surface area (Å²) in [6.07, 6.45) is 0.888. The highest BCUT2D eigenvalue weighted by Gasteiger charge is 2.32. The highest BCUT2D eigenvalue weighted by molar-refractivity contribution is 7.54. The summed E-state index contributed by atoms with van der Waals surface area (Å²) in [6, 6.07) is 0. The molecular formula is C11H25Cl4N4O4P2-. The lowest BCUT2D eigenvalue weighted by molar-refractivity contribution is -0.187. The van der Waals surface area contributed by atoms with Crippen molar-refractivity contribution >= 4 is 61.7 Å². The fourth-order valence-electron chi connectivity index (χ4n) is 1.86. The van der Waals surface area contributed by atoms with Gasteiger partial charge in [-0.05, 0) is 6.42 Å². The van der Waals surface area contributed by atoms with Gasteiger partial charge >= 0.3 is 7.67 Å². The first-order chi connectivity index (χ1) is 11.7. The van der Waals surface area contributed by atoms with E-state index in [0.717, 1.165) is 17.6 Å². The van der Waals surface area contributed by atoms with Gasteiger partial charge in [0, 0.05) is 56.2 Å². The smallest absolute Gasteiger partial charge is 0.343 e. The molecule has 152 valence electrons. The van der Waals surface area contributed by atoms with Crippen LogP contribution in [0.3, 0.4) is 0 Å². The van der Waals surface area contributed by atoms with E-state index in [9.17, 15) is 14.0 Å². The third kappa shape index (κ3) is 11.1. The molecule has 1 fully saturated rings. The summed E-state index contributed by atoms with van der Waals surface area (Å²) >= 11 is 21.9. The number of nitrogens with zero attached hydrogens (tertiary/aromatic N) is 2. The van der Waals surface area contributed by atoms with Crippen LogP contribution in [0.15, 0.2) is 0 Å². The largest absolute Gasteiger partial charge is 0.776 e. The van der Waals surface area contributed by atoms with E-state index in [1.54, 1.807) is 4.67 Å². The highest BCUT2D eigenvalue weighted by atomic mass is 35.5. The molecule has 0 amide bonds. The number of nitrogens with one attached hydrogen (secondary N) is 1. The Balaban J connectivity index is 0.000000477. The van der Waals surface area contributed by atoms with Crippen LogP contribution in [0.4, 0.5) is 0 Å². The molecule has 0 bridgehead atoms. The van der Waals surface area contributed by atoms with Gasteiger partial charge < -0.3 is 14.0 Å². The van der Waals surface area contributed by atoms with Gasteiger partial charge in [-0.2, -0.15) is 0 Å². The minimum Gasteiger partial charge on any atom is -0.776 e. The molecule has 0 aromatic heterocycles. The monoisotopic (exact) mass is 479 g/mol. The van der Waals surface area contributed by atoms with Crippen LogP contribution in [0.5, 0.6) is 0 Å². The first-order valence-corrected chi connectivity index (χ1v) is 13.0.